The van der Waals surface area contributed by atoms with Crippen LogP contribution in [0.2, 0.25) is 5.02 Å². The molecular weight excluding hydrogens is 291 g/mol. The number of hydrogen-bond acceptors (Lipinski definition) is 2. The van der Waals surface area contributed by atoms with Gasteiger partial charge in [0.05, 0.1) is 13.0 Å². The summed E-state index contributed by atoms with van der Waals surface area (Å²) in [6.45, 7) is 4.17. The molecule has 16 heavy (non-hydrogen) atoms. The van der Waals surface area contributed by atoms with Gasteiger partial charge in [0.1, 0.15) is 0 Å². The maximum atomic E-state index is 11.3. The van der Waals surface area contributed by atoms with E-state index >= 15 is 0 Å². The van der Waals surface area contributed by atoms with Crippen LogP contribution in [0.5, 0.6) is 0 Å². The molecule has 0 bridgehead atoms. The van der Waals surface area contributed by atoms with Crippen molar-refractivity contribution >= 4 is 33.5 Å². The quantitative estimate of drug-likeness (QED) is 0.627. The Kier molecular flexibility index (Phi) is 5.29. The topological polar surface area (TPSA) is 26.3 Å². The van der Waals surface area contributed by atoms with E-state index < -0.39 is 0 Å². The molecule has 0 amide bonds. The molecule has 88 valence electrons. The highest BCUT2D eigenvalue weighted by Gasteiger charge is 2.09. The smallest absolute Gasteiger partial charge is 0.310 e. The predicted molar refractivity (Wildman–Crippen MR) is 69.2 cm³/mol. The lowest BCUT2D eigenvalue weighted by Crippen LogP contribution is -2.08. The van der Waals surface area contributed by atoms with Gasteiger partial charge in [-0.25, -0.2) is 0 Å². The second-order valence-corrected chi connectivity index (χ2v) is 4.45. The molecule has 0 spiro atoms. The van der Waals surface area contributed by atoms with Crippen LogP contribution >= 0.6 is 27.5 Å². The van der Waals surface area contributed by atoms with Crippen LogP contribution in [0.15, 0.2) is 12.1 Å². The summed E-state index contributed by atoms with van der Waals surface area (Å²) in [5.41, 5.74) is 3.04. The van der Waals surface area contributed by atoms with Crippen LogP contribution in [0.3, 0.4) is 0 Å². The average Bonchev–Trinajstić information content (AvgIpc) is 2.23. The van der Waals surface area contributed by atoms with E-state index in [9.17, 15) is 4.79 Å². The van der Waals surface area contributed by atoms with E-state index in [1.807, 2.05) is 19.1 Å². The number of alkyl halides is 1. The van der Waals surface area contributed by atoms with E-state index in [0.29, 0.717) is 11.6 Å². The standard InChI is InChI=1S/C12H14BrClO2/c1-3-16-12(15)6-9-4-10(7-13)8(2)11(14)5-9/h4-5H,3,6-7H2,1-2H3. The number of hydrogen-bond donors (Lipinski definition) is 0. The van der Waals surface area contributed by atoms with Gasteiger partial charge in [-0.1, -0.05) is 33.6 Å². The van der Waals surface area contributed by atoms with Crippen molar-refractivity contribution in [3.63, 3.8) is 0 Å². The van der Waals surface area contributed by atoms with Crippen molar-refractivity contribution in [2.24, 2.45) is 0 Å². The van der Waals surface area contributed by atoms with Gasteiger partial charge in [0.15, 0.2) is 0 Å². The summed E-state index contributed by atoms with van der Waals surface area (Å²) in [5, 5.41) is 1.42. The molecule has 1 aromatic rings. The first-order valence-corrected chi connectivity index (χ1v) is 6.58. The third-order valence-electron chi connectivity index (χ3n) is 2.31. The summed E-state index contributed by atoms with van der Waals surface area (Å²) in [5.74, 6) is -0.219. The molecule has 0 saturated heterocycles. The number of halogens is 2. The second-order valence-electron chi connectivity index (χ2n) is 3.48. The first kappa shape index (κ1) is 13.5. The van der Waals surface area contributed by atoms with Crippen molar-refractivity contribution in [1.29, 1.82) is 0 Å². The summed E-state index contributed by atoms with van der Waals surface area (Å²) >= 11 is 9.48. The third-order valence-corrected chi connectivity index (χ3v) is 3.31. The van der Waals surface area contributed by atoms with Crippen LogP contribution in [0.25, 0.3) is 0 Å². The van der Waals surface area contributed by atoms with Gasteiger partial charge in [-0.05, 0) is 36.6 Å². The molecule has 0 N–H and O–H groups in total. The minimum atomic E-state index is -0.219. The Morgan fingerprint density at radius 1 is 1.50 bits per heavy atom. The fourth-order valence-electron chi connectivity index (χ4n) is 1.42. The van der Waals surface area contributed by atoms with Crippen LogP contribution in [-0.2, 0) is 21.3 Å². The van der Waals surface area contributed by atoms with Gasteiger partial charge in [0.2, 0.25) is 0 Å². The SMILES string of the molecule is CCOC(=O)Cc1cc(Cl)c(C)c(CBr)c1. The molecule has 0 saturated carbocycles. The Morgan fingerprint density at radius 3 is 2.75 bits per heavy atom. The number of rotatable bonds is 4. The van der Waals surface area contributed by atoms with Crippen LogP contribution in [0.4, 0.5) is 0 Å². The summed E-state index contributed by atoms with van der Waals surface area (Å²) in [7, 11) is 0. The van der Waals surface area contributed by atoms with E-state index in [2.05, 4.69) is 15.9 Å². The number of esters is 1. The fraction of sp³-hybridized carbons (Fsp3) is 0.417. The second kappa shape index (κ2) is 6.26. The number of carbonyl (C=O) groups is 1. The van der Waals surface area contributed by atoms with Gasteiger partial charge < -0.3 is 4.74 Å². The van der Waals surface area contributed by atoms with E-state index in [-0.39, 0.29) is 12.4 Å². The lowest BCUT2D eigenvalue weighted by molar-refractivity contribution is -0.142. The van der Waals surface area contributed by atoms with Gasteiger partial charge in [-0.2, -0.15) is 0 Å². The molecule has 0 unspecified atom stereocenters. The molecule has 0 fully saturated rings. The highest BCUT2D eigenvalue weighted by molar-refractivity contribution is 9.08. The zero-order valence-corrected chi connectivity index (χ0v) is 11.7. The van der Waals surface area contributed by atoms with Crippen LogP contribution in [-0.4, -0.2) is 12.6 Å². The first-order chi connectivity index (χ1) is 7.58. The van der Waals surface area contributed by atoms with Crippen LogP contribution < -0.4 is 0 Å². The molecule has 0 aliphatic rings. The lowest BCUT2D eigenvalue weighted by atomic mass is 10.0. The Balaban J connectivity index is 2.89. The van der Waals surface area contributed by atoms with Crippen LogP contribution in [0, 0.1) is 6.92 Å². The lowest BCUT2D eigenvalue weighted by Gasteiger charge is -2.08. The van der Waals surface area contributed by atoms with Gasteiger partial charge in [0.25, 0.3) is 0 Å². The zero-order valence-electron chi connectivity index (χ0n) is 9.35. The maximum Gasteiger partial charge on any atom is 0.310 e. The third kappa shape index (κ3) is 3.49. The number of ether oxygens (including phenoxy) is 1. The molecular formula is C12H14BrClO2. The van der Waals surface area contributed by atoms with Crippen molar-refractivity contribution in [3.8, 4) is 0 Å². The minimum absolute atomic E-state index is 0.219. The molecule has 0 aliphatic heterocycles. The molecule has 1 aromatic carbocycles. The van der Waals surface area contributed by atoms with E-state index in [0.717, 1.165) is 22.0 Å². The Bertz CT molecular complexity index is 391. The molecule has 4 heteroatoms. The molecule has 0 heterocycles. The summed E-state index contributed by atoms with van der Waals surface area (Å²) < 4.78 is 4.90. The van der Waals surface area contributed by atoms with E-state index in [1.54, 1.807) is 6.92 Å². The van der Waals surface area contributed by atoms with Crippen molar-refractivity contribution in [2.75, 3.05) is 6.61 Å². The molecule has 0 aromatic heterocycles. The number of carbonyl (C=O) groups excluding carboxylic acids is 1. The molecule has 0 radical (unpaired) electrons. The maximum absolute atomic E-state index is 11.3. The summed E-state index contributed by atoms with van der Waals surface area (Å²) in [6.07, 6.45) is 0.272. The average molecular weight is 306 g/mol. The molecule has 2 nitrogen and oxygen atoms in total. The van der Waals surface area contributed by atoms with Crippen molar-refractivity contribution in [2.45, 2.75) is 25.6 Å². The predicted octanol–water partition coefficient (Wildman–Crippen LogP) is 3.65. The van der Waals surface area contributed by atoms with Gasteiger partial charge in [-0.15, -0.1) is 0 Å². The van der Waals surface area contributed by atoms with Gasteiger partial charge in [-0.3, -0.25) is 4.79 Å². The monoisotopic (exact) mass is 304 g/mol. The van der Waals surface area contributed by atoms with Crippen molar-refractivity contribution in [1.82, 2.24) is 0 Å². The molecule has 1 rings (SSSR count). The van der Waals surface area contributed by atoms with Crippen LogP contribution in [0.1, 0.15) is 23.6 Å². The summed E-state index contributed by atoms with van der Waals surface area (Å²) in [4.78, 5) is 11.3. The molecule has 0 atom stereocenters. The Hall–Kier alpha value is -0.540. The highest BCUT2D eigenvalue weighted by atomic mass is 79.9. The number of benzene rings is 1. The van der Waals surface area contributed by atoms with Gasteiger partial charge >= 0.3 is 5.97 Å². The summed E-state index contributed by atoms with van der Waals surface area (Å²) in [6, 6.07) is 3.80. The van der Waals surface area contributed by atoms with Crippen molar-refractivity contribution < 1.29 is 9.53 Å². The first-order valence-electron chi connectivity index (χ1n) is 5.08. The van der Waals surface area contributed by atoms with E-state index in [4.69, 9.17) is 16.3 Å². The zero-order chi connectivity index (χ0) is 12.1. The largest absolute Gasteiger partial charge is 0.466 e. The molecule has 0 aliphatic carbocycles. The normalized spacial score (nSPS) is 10.2. The van der Waals surface area contributed by atoms with Gasteiger partial charge in [0, 0.05) is 10.4 Å². The van der Waals surface area contributed by atoms with Crippen molar-refractivity contribution in [3.05, 3.63) is 33.8 Å². The van der Waals surface area contributed by atoms with E-state index in [1.165, 1.54) is 0 Å². The fourth-order valence-corrected chi connectivity index (χ4v) is 2.26. The Morgan fingerprint density at radius 2 is 2.19 bits per heavy atom. The minimum Gasteiger partial charge on any atom is -0.466 e. The Labute approximate surface area is 109 Å². The highest BCUT2D eigenvalue weighted by Crippen LogP contribution is 2.23.